The lowest BCUT2D eigenvalue weighted by molar-refractivity contribution is 0.567. The highest BCUT2D eigenvalue weighted by atomic mass is 14.3. The maximum absolute atomic E-state index is 4.58. The van der Waals surface area contributed by atoms with Crippen LogP contribution in [0.2, 0.25) is 0 Å². The van der Waals surface area contributed by atoms with Gasteiger partial charge in [0.2, 0.25) is 0 Å². The van der Waals surface area contributed by atoms with Gasteiger partial charge in [-0.05, 0) is 93.9 Å². The average molecular weight is 567 g/mol. The standard InChI is InChI=1S/C43H50/c1-31(27-34-28-38(42(2,3)4)30-39(29-34)43(5,6)7)17-22-36-25-26-40(35-15-11-12-16-35)41(36)37-23-20-33(21-24-37)19-18-32-13-9-8-10-14-32/h8-15,20-21,23-26,28-30,41H,1,16-19,22,27H2,2-7H3. The summed E-state index contributed by atoms with van der Waals surface area (Å²) in [4.78, 5) is 0. The number of hydrogen-bond donors (Lipinski definition) is 0. The minimum atomic E-state index is 0.127. The Morgan fingerprint density at radius 3 is 1.91 bits per heavy atom. The highest BCUT2D eigenvalue weighted by Crippen LogP contribution is 2.44. The van der Waals surface area contributed by atoms with Gasteiger partial charge in [-0.15, -0.1) is 0 Å². The van der Waals surface area contributed by atoms with Crippen LogP contribution >= 0.6 is 0 Å². The number of rotatable bonds is 10. The highest BCUT2D eigenvalue weighted by molar-refractivity contribution is 5.56. The predicted octanol–water partition coefficient (Wildman–Crippen LogP) is 11.5. The molecule has 1 unspecified atom stereocenters. The van der Waals surface area contributed by atoms with Crippen molar-refractivity contribution in [3.8, 4) is 0 Å². The van der Waals surface area contributed by atoms with Gasteiger partial charge in [0.05, 0.1) is 0 Å². The smallest absolute Gasteiger partial charge is 0.0304 e. The van der Waals surface area contributed by atoms with Gasteiger partial charge < -0.3 is 0 Å². The van der Waals surface area contributed by atoms with E-state index in [2.05, 4.69) is 151 Å². The molecule has 0 amide bonds. The molecule has 5 rings (SSSR count). The Kier molecular flexibility index (Phi) is 9.26. The second kappa shape index (κ2) is 12.9. The van der Waals surface area contributed by atoms with E-state index in [9.17, 15) is 0 Å². The molecule has 222 valence electrons. The summed E-state index contributed by atoms with van der Waals surface area (Å²) in [5.41, 5.74) is 14.5. The fourth-order valence-corrected chi connectivity index (χ4v) is 6.33. The van der Waals surface area contributed by atoms with Gasteiger partial charge in [-0.3, -0.25) is 0 Å². The Morgan fingerprint density at radius 1 is 0.698 bits per heavy atom. The number of aryl methyl sites for hydroxylation is 2. The molecule has 3 aromatic carbocycles. The maximum Gasteiger partial charge on any atom is 0.0304 e. The van der Waals surface area contributed by atoms with E-state index in [1.165, 1.54) is 55.7 Å². The third-order valence-corrected chi connectivity index (χ3v) is 9.11. The van der Waals surface area contributed by atoms with E-state index < -0.39 is 0 Å². The van der Waals surface area contributed by atoms with Crippen molar-refractivity contribution in [2.24, 2.45) is 0 Å². The van der Waals surface area contributed by atoms with Gasteiger partial charge >= 0.3 is 0 Å². The number of allylic oxidation sites excluding steroid dienone is 9. The molecule has 0 heterocycles. The molecule has 0 heteroatoms. The van der Waals surface area contributed by atoms with Crippen LogP contribution in [0.3, 0.4) is 0 Å². The van der Waals surface area contributed by atoms with Gasteiger partial charge in [-0.25, -0.2) is 0 Å². The van der Waals surface area contributed by atoms with Crippen LogP contribution in [0.4, 0.5) is 0 Å². The van der Waals surface area contributed by atoms with Crippen LogP contribution in [-0.4, -0.2) is 0 Å². The predicted molar refractivity (Wildman–Crippen MR) is 187 cm³/mol. The summed E-state index contributed by atoms with van der Waals surface area (Å²) in [5.74, 6) is 0.332. The Hall–Kier alpha value is -3.64. The quantitative estimate of drug-likeness (QED) is 0.214. The lowest BCUT2D eigenvalue weighted by atomic mass is 9.78. The molecule has 0 spiro atoms. The largest absolute Gasteiger partial charge is 0.0995 e. The maximum atomic E-state index is 4.58. The van der Waals surface area contributed by atoms with E-state index in [1.807, 2.05) is 0 Å². The minimum absolute atomic E-state index is 0.127. The molecule has 2 aliphatic rings. The van der Waals surface area contributed by atoms with Crippen molar-refractivity contribution >= 4 is 0 Å². The fourth-order valence-electron chi connectivity index (χ4n) is 6.33. The van der Waals surface area contributed by atoms with Crippen LogP contribution in [0.15, 0.2) is 132 Å². The van der Waals surface area contributed by atoms with Gasteiger partial charge in [-0.2, -0.15) is 0 Å². The van der Waals surface area contributed by atoms with E-state index in [4.69, 9.17) is 0 Å². The van der Waals surface area contributed by atoms with Gasteiger partial charge in [0.1, 0.15) is 0 Å². The third-order valence-electron chi connectivity index (χ3n) is 9.11. The summed E-state index contributed by atoms with van der Waals surface area (Å²) in [7, 11) is 0. The molecule has 0 saturated heterocycles. The van der Waals surface area contributed by atoms with Crippen LogP contribution in [0.1, 0.15) is 100 Å². The first-order chi connectivity index (χ1) is 20.5. The van der Waals surface area contributed by atoms with Crippen LogP contribution in [0.5, 0.6) is 0 Å². The lowest BCUT2D eigenvalue weighted by Gasteiger charge is -2.26. The first-order valence-electron chi connectivity index (χ1n) is 16.2. The van der Waals surface area contributed by atoms with Crippen LogP contribution in [0, 0.1) is 0 Å². The normalized spacial score (nSPS) is 16.7. The van der Waals surface area contributed by atoms with Crippen molar-refractivity contribution in [2.75, 3.05) is 0 Å². The van der Waals surface area contributed by atoms with E-state index in [0.29, 0.717) is 5.92 Å². The average Bonchev–Trinajstić information content (AvgIpc) is 3.65. The minimum Gasteiger partial charge on any atom is -0.0995 e. The second-order valence-corrected chi connectivity index (χ2v) is 14.7. The first-order valence-corrected chi connectivity index (χ1v) is 16.2. The third kappa shape index (κ3) is 7.85. The summed E-state index contributed by atoms with van der Waals surface area (Å²) in [6.07, 6.45) is 17.8. The molecular weight excluding hydrogens is 516 g/mol. The van der Waals surface area contributed by atoms with Gasteiger partial charge in [0.15, 0.2) is 0 Å². The summed E-state index contributed by atoms with van der Waals surface area (Å²) in [5, 5.41) is 0. The second-order valence-electron chi connectivity index (χ2n) is 14.7. The van der Waals surface area contributed by atoms with Gasteiger partial charge in [0.25, 0.3) is 0 Å². The molecule has 0 nitrogen and oxygen atoms in total. The Morgan fingerprint density at radius 2 is 1.33 bits per heavy atom. The van der Waals surface area contributed by atoms with Gasteiger partial charge in [-0.1, -0.05) is 162 Å². The summed E-state index contributed by atoms with van der Waals surface area (Å²) in [6.45, 7) is 18.5. The summed E-state index contributed by atoms with van der Waals surface area (Å²) >= 11 is 0. The van der Waals surface area contributed by atoms with E-state index in [-0.39, 0.29) is 10.8 Å². The van der Waals surface area contributed by atoms with Crippen molar-refractivity contribution in [1.29, 1.82) is 0 Å². The lowest BCUT2D eigenvalue weighted by Crippen LogP contribution is -2.17. The topological polar surface area (TPSA) is 0 Å². The molecule has 3 aromatic rings. The first kappa shape index (κ1) is 30.8. The fraction of sp³-hybridized carbons (Fsp3) is 0.349. The molecule has 2 aliphatic carbocycles. The van der Waals surface area contributed by atoms with Crippen LogP contribution < -0.4 is 0 Å². The zero-order chi connectivity index (χ0) is 30.6. The van der Waals surface area contributed by atoms with E-state index in [1.54, 1.807) is 0 Å². The Bertz CT molecular complexity index is 1520. The Labute approximate surface area is 261 Å². The van der Waals surface area contributed by atoms with Crippen LogP contribution in [0.25, 0.3) is 0 Å². The molecular formula is C43H50. The Balaban J connectivity index is 1.28. The monoisotopic (exact) mass is 566 g/mol. The van der Waals surface area contributed by atoms with E-state index >= 15 is 0 Å². The summed E-state index contributed by atoms with van der Waals surface area (Å²) in [6, 6.07) is 27.5. The van der Waals surface area contributed by atoms with E-state index in [0.717, 1.165) is 38.5 Å². The number of benzene rings is 3. The van der Waals surface area contributed by atoms with Crippen molar-refractivity contribution < 1.29 is 0 Å². The SMILES string of the molecule is C=C(CCC1=CC=C(C2=CC=CC2)C1c1ccc(CCc2ccccc2)cc1)Cc1cc(C(C)(C)C)cc(C(C)(C)C)c1. The highest BCUT2D eigenvalue weighted by Gasteiger charge is 2.27. The van der Waals surface area contributed by atoms with Crippen molar-refractivity contribution in [3.05, 3.63) is 165 Å². The molecule has 1 atom stereocenters. The molecule has 0 fully saturated rings. The van der Waals surface area contributed by atoms with Crippen molar-refractivity contribution in [2.45, 2.75) is 96.8 Å². The zero-order valence-corrected chi connectivity index (χ0v) is 27.3. The van der Waals surface area contributed by atoms with Crippen LogP contribution in [-0.2, 0) is 30.1 Å². The molecule has 0 bridgehead atoms. The number of hydrogen-bond acceptors (Lipinski definition) is 0. The molecule has 0 aromatic heterocycles. The zero-order valence-electron chi connectivity index (χ0n) is 27.3. The molecule has 43 heavy (non-hydrogen) atoms. The van der Waals surface area contributed by atoms with Crippen molar-refractivity contribution in [3.63, 3.8) is 0 Å². The van der Waals surface area contributed by atoms with Crippen molar-refractivity contribution in [1.82, 2.24) is 0 Å². The molecule has 0 aliphatic heterocycles. The molecule has 0 saturated carbocycles. The summed E-state index contributed by atoms with van der Waals surface area (Å²) < 4.78 is 0. The molecule has 0 N–H and O–H groups in total. The molecule has 0 radical (unpaired) electrons. The van der Waals surface area contributed by atoms with Gasteiger partial charge in [0, 0.05) is 5.92 Å².